The van der Waals surface area contributed by atoms with Crippen LogP contribution < -0.4 is 5.32 Å². The monoisotopic (exact) mass is 343 g/mol. The summed E-state index contributed by atoms with van der Waals surface area (Å²) in [6.07, 6.45) is 0. The maximum Gasteiger partial charge on any atom is 0.337 e. The highest BCUT2D eigenvalue weighted by atomic mass is 35.5. The van der Waals surface area contributed by atoms with Crippen LogP contribution in [0.4, 0.5) is 5.69 Å². The third-order valence-corrected chi connectivity index (χ3v) is 3.59. The minimum Gasteiger partial charge on any atom is -0.478 e. The van der Waals surface area contributed by atoms with Crippen LogP contribution in [0.1, 0.15) is 20.7 Å². The molecule has 0 fully saturated rings. The van der Waals surface area contributed by atoms with Gasteiger partial charge in [-0.3, -0.25) is 4.79 Å². The maximum atomic E-state index is 12.1. The predicted octanol–water partition coefficient (Wildman–Crippen LogP) is 4.60. The van der Waals surface area contributed by atoms with Gasteiger partial charge in [0.05, 0.1) is 26.2 Å². The number of anilines is 1. The summed E-state index contributed by atoms with van der Waals surface area (Å²) in [5, 5.41) is 11.9. The molecule has 0 heterocycles. The fourth-order valence-corrected chi connectivity index (χ4v) is 2.51. The van der Waals surface area contributed by atoms with E-state index in [4.69, 9.17) is 39.9 Å². The molecule has 108 valence electrons. The fourth-order valence-electron chi connectivity index (χ4n) is 1.67. The molecule has 4 nitrogen and oxygen atoms in total. The van der Waals surface area contributed by atoms with Gasteiger partial charge in [-0.25, -0.2) is 4.79 Å². The van der Waals surface area contributed by atoms with Gasteiger partial charge in [0.15, 0.2) is 0 Å². The highest BCUT2D eigenvalue weighted by molar-refractivity contribution is 6.40. The Morgan fingerprint density at radius 3 is 2.10 bits per heavy atom. The van der Waals surface area contributed by atoms with Gasteiger partial charge in [-0.15, -0.1) is 0 Å². The molecule has 2 rings (SSSR count). The smallest absolute Gasteiger partial charge is 0.337 e. The first-order chi connectivity index (χ1) is 9.90. The van der Waals surface area contributed by atoms with Gasteiger partial charge >= 0.3 is 5.97 Å². The van der Waals surface area contributed by atoms with Crippen molar-refractivity contribution in [1.82, 2.24) is 0 Å². The number of nitrogens with one attached hydrogen (secondary N) is 1. The largest absolute Gasteiger partial charge is 0.478 e. The molecule has 0 bridgehead atoms. The predicted molar refractivity (Wildman–Crippen MR) is 82.8 cm³/mol. The van der Waals surface area contributed by atoms with Crippen LogP contribution in [0.25, 0.3) is 0 Å². The Morgan fingerprint density at radius 1 is 0.952 bits per heavy atom. The number of hydrogen-bond donors (Lipinski definition) is 2. The molecule has 0 unspecified atom stereocenters. The van der Waals surface area contributed by atoms with Crippen LogP contribution >= 0.6 is 34.8 Å². The number of carbonyl (C=O) groups is 2. The summed E-state index contributed by atoms with van der Waals surface area (Å²) >= 11 is 17.7. The van der Waals surface area contributed by atoms with E-state index in [9.17, 15) is 9.59 Å². The van der Waals surface area contributed by atoms with Gasteiger partial charge in [-0.05, 0) is 30.3 Å². The molecule has 0 aliphatic rings. The first-order valence-electron chi connectivity index (χ1n) is 5.68. The van der Waals surface area contributed by atoms with Crippen molar-refractivity contribution in [3.05, 3.63) is 62.6 Å². The molecule has 1 amide bonds. The van der Waals surface area contributed by atoms with E-state index in [2.05, 4.69) is 5.32 Å². The van der Waals surface area contributed by atoms with Gasteiger partial charge in [0.2, 0.25) is 0 Å². The van der Waals surface area contributed by atoms with E-state index in [-0.39, 0.29) is 26.2 Å². The van der Waals surface area contributed by atoms with Crippen LogP contribution in [0.3, 0.4) is 0 Å². The Hall–Kier alpha value is -1.75. The molecule has 0 saturated carbocycles. The normalized spacial score (nSPS) is 10.2. The number of carbonyl (C=O) groups excluding carboxylic acids is 1. The molecule has 2 aromatic rings. The van der Waals surface area contributed by atoms with Gasteiger partial charge in [0.25, 0.3) is 5.91 Å². The van der Waals surface area contributed by atoms with Gasteiger partial charge in [-0.2, -0.15) is 0 Å². The number of carboxylic acids is 1. The molecule has 0 saturated heterocycles. The molecule has 7 heteroatoms. The van der Waals surface area contributed by atoms with Gasteiger partial charge in [0, 0.05) is 5.69 Å². The lowest BCUT2D eigenvalue weighted by atomic mass is 10.1. The number of amides is 1. The van der Waals surface area contributed by atoms with Crippen LogP contribution in [0.2, 0.25) is 15.1 Å². The van der Waals surface area contributed by atoms with Crippen molar-refractivity contribution in [1.29, 1.82) is 0 Å². The summed E-state index contributed by atoms with van der Waals surface area (Å²) in [7, 11) is 0. The minimum absolute atomic E-state index is 0.0190. The quantitative estimate of drug-likeness (QED) is 0.855. The van der Waals surface area contributed by atoms with Crippen LogP contribution in [0, 0.1) is 0 Å². The SMILES string of the molecule is O=C(O)c1ccc(NC(=O)c2c(Cl)cccc2Cl)cc1Cl. The second-order valence-electron chi connectivity index (χ2n) is 4.05. The third-order valence-electron chi connectivity index (χ3n) is 2.65. The van der Waals surface area contributed by atoms with Crippen molar-refractivity contribution in [3.63, 3.8) is 0 Å². The Kier molecular flexibility index (Phi) is 4.73. The average molecular weight is 345 g/mol. The standard InChI is InChI=1S/C14H8Cl3NO3/c15-9-2-1-3-10(16)12(9)13(19)18-7-4-5-8(14(20)21)11(17)6-7/h1-6H,(H,18,19)(H,20,21). The zero-order valence-corrected chi connectivity index (χ0v) is 12.6. The van der Waals surface area contributed by atoms with Gasteiger partial charge in [0.1, 0.15) is 0 Å². The summed E-state index contributed by atoms with van der Waals surface area (Å²) in [5.74, 6) is -1.66. The van der Waals surface area contributed by atoms with Crippen LogP contribution in [0.15, 0.2) is 36.4 Å². The van der Waals surface area contributed by atoms with Crippen LogP contribution in [0.5, 0.6) is 0 Å². The molecule has 0 radical (unpaired) electrons. The van der Waals surface area contributed by atoms with E-state index in [1.165, 1.54) is 18.2 Å². The van der Waals surface area contributed by atoms with Crippen molar-refractivity contribution in [3.8, 4) is 0 Å². The Morgan fingerprint density at radius 2 is 1.57 bits per heavy atom. The molecule has 2 N–H and O–H groups in total. The highest BCUT2D eigenvalue weighted by Crippen LogP contribution is 2.26. The van der Waals surface area contributed by atoms with E-state index in [1.807, 2.05) is 0 Å². The minimum atomic E-state index is -1.15. The summed E-state index contributed by atoms with van der Waals surface area (Å²) in [5.41, 5.74) is 0.427. The van der Waals surface area contributed by atoms with Crippen molar-refractivity contribution in [2.45, 2.75) is 0 Å². The number of aromatic carboxylic acids is 1. The molecule has 0 atom stereocenters. The van der Waals surface area contributed by atoms with Crippen molar-refractivity contribution in [2.75, 3.05) is 5.32 Å². The third kappa shape index (κ3) is 3.47. The van der Waals surface area contributed by atoms with E-state index >= 15 is 0 Å². The summed E-state index contributed by atoms with van der Waals surface area (Å²) in [6, 6.07) is 8.78. The van der Waals surface area contributed by atoms with E-state index in [0.717, 1.165) is 0 Å². The lowest BCUT2D eigenvalue weighted by Gasteiger charge is -2.09. The van der Waals surface area contributed by atoms with Crippen LogP contribution in [-0.2, 0) is 0 Å². The second-order valence-corrected chi connectivity index (χ2v) is 5.27. The number of rotatable bonds is 3. The van der Waals surface area contributed by atoms with E-state index < -0.39 is 11.9 Å². The topological polar surface area (TPSA) is 66.4 Å². The first-order valence-corrected chi connectivity index (χ1v) is 6.81. The fraction of sp³-hybridized carbons (Fsp3) is 0. The van der Waals surface area contributed by atoms with Crippen molar-refractivity contribution >= 4 is 52.4 Å². The Bertz CT molecular complexity index is 711. The lowest BCUT2D eigenvalue weighted by Crippen LogP contribution is -2.13. The number of halogens is 3. The Labute approximate surface area is 135 Å². The average Bonchev–Trinajstić information content (AvgIpc) is 2.37. The van der Waals surface area contributed by atoms with E-state index in [1.54, 1.807) is 18.2 Å². The molecular formula is C14H8Cl3NO3. The molecule has 0 aromatic heterocycles. The summed E-state index contributed by atoms with van der Waals surface area (Å²) in [6.45, 7) is 0. The lowest BCUT2D eigenvalue weighted by molar-refractivity contribution is 0.0697. The molecule has 21 heavy (non-hydrogen) atoms. The Balaban J connectivity index is 2.28. The second kappa shape index (κ2) is 6.35. The molecule has 0 aliphatic heterocycles. The zero-order valence-electron chi connectivity index (χ0n) is 10.4. The van der Waals surface area contributed by atoms with Crippen molar-refractivity contribution in [2.24, 2.45) is 0 Å². The molecule has 0 spiro atoms. The van der Waals surface area contributed by atoms with Crippen molar-refractivity contribution < 1.29 is 14.7 Å². The number of hydrogen-bond acceptors (Lipinski definition) is 2. The van der Waals surface area contributed by atoms with Crippen LogP contribution in [-0.4, -0.2) is 17.0 Å². The number of carboxylic acid groups (broad SMARTS) is 1. The zero-order chi connectivity index (χ0) is 15.6. The molecular weight excluding hydrogens is 337 g/mol. The molecule has 2 aromatic carbocycles. The van der Waals surface area contributed by atoms with Gasteiger partial charge < -0.3 is 10.4 Å². The van der Waals surface area contributed by atoms with E-state index in [0.29, 0.717) is 5.69 Å². The summed E-state index contributed by atoms with van der Waals surface area (Å²) < 4.78 is 0. The first kappa shape index (κ1) is 15.6. The maximum absolute atomic E-state index is 12.1. The highest BCUT2D eigenvalue weighted by Gasteiger charge is 2.16. The summed E-state index contributed by atoms with van der Waals surface area (Å²) in [4.78, 5) is 23.0. The molecule has 0 aliphatic carbocycles. The van der Waals surface area contributed by atoms with Gasteiger partial charge in [-0.1, -0.05) is 40.9 Å². The number of benzene rings is 2.